The van der Waals surface area contributed by atoms with Crippen molar-refractivity contribution in [2.75, 3.05) is 6.61 Å². The van der Waals surface area contributed by atoms with Crippen molar-refractivity contribution in [3.05, 3.63) is 35.9 Å². The second-order valence-corrected chi connectivity index (χ2v) is 2.69. The zero-order valence-corrected chi connectivity index (χ0v) is 6.72. The molecular weight excluding hydrogens is 154 g/mol. The highest BCUT2D eigenvalue weighted by molar-refractivity contribution is 5.19. The monoisotopic (exact) mass is 167 g/mol. The molecule has 0 saturated carbocycles. The van der Waals surface area contributed by atoms with E-state index >= 15 is 0 Å². The Morgan fingerprint density at radius 3 is 2.33 bits per heavy atom. The number of aliphatic hydroxyl groups excluding tert-OH is 2. The molecule has 0 aliphatic carbocycles. The van der Waals surface area contributed by atoms with Crippen molar-refractivity contribution in [3.63, 3.8) is 0 Å². The molecule has 0 spiro atoms. The number of nitrogens with two attached hydrogens (primary N) is 1. The van der Waals surface area contributed by atoms with Crippen LogP contribution in [0.15, 0.2) is 30.3 Å². The van der Waals surface area contributed by atoms with Crippen LogP contribution in [0.4, 0.5) is 0 Å². The molecule has 1 aromatic carbocycles. The lowest BCUT2D eigenvalue weighted by molar-refractivity contribution is 0.0741. The fourth-order valence-corrected chi connectivity index (χ4v) is 1.01. The Bertz CT molecular complexity index is 225. The Kier molecular flexibility index (Phi) is 3.22. The molecule has 0 bridgehead atoms. The van der Waals surface area contributed by atoms with Gasteiger partial charge in [0.25, 0.3) is 0 Å². The van der Waals surface area contributed by atoms with Crippen LogP contribution in [0.2, 0.25) is 0 Å². The summed E-state index contributed by atoms with van der Waals surface area (Å²) in [4.78, 5) is 0. The lowest BCUT2D eigenvalue weighted by atomic mass is 10.0. The predicted octanol–water partition coefficient (Wildman–Crippen LogP) is 0.0396. The number of rotatable bonds is 3. The quantitative estimate of drug-likeness (QED) is 0.595. The Hall–Kier alpha value is -0.900. The average Bonchev–Trinajstić information content (AvgIpc) is 2.17. The molecule has 66 valence electrons. The van der Waals surface area contributed by atoms with Gasteiger partial charge in [0, 0.05) is 0 Å². The first-order valence-electron chi connectivity index (χ1n) is 3.85. The van der Waals surface area contributed by atoms with Gasteiger partial charge in [0.15, 0.2) is 0 Å². The second-order valence-electron chi connectivity index (χ2n) is 2.69. The summed E-state index contributed by atoms with van der Waals surface area (Å²) in [5, 5.41) is 17.8. The van der Waals surface area contributed by atoms with Gasteiger partial charge in [0.05, 0.1) is 18.8 Å². The summed E-state index contributed by atoms with van der Waals surface area (Å²) >= 11 is 0. The van der Waals surface area contributed by atoms with Crippen LogP contribution in [-0.4, -0.2) is 22.9 Å². The summed E-state index contributed by atoms with van der Waals surface area (Å²) in [5.41, 5.74) is 6.47. The molecule has 0 saturated heterocycles. The number of hydrogen-bond donors (Lipinski definition) is 3. The van der Waals surface area contributed by atoms with Crippen LogP contribution >= 0.6 is 0 Å². The van der Waals surface area contributed by atoms with Crippen molar-refractivity contribution in [3.8, 4) is 0 Å². The maximum Gasteiger partial charge on any atom is 0.0962 e. The van der Waals surface area contributed by atoms with Gasteiger partial charge in [-0.15, -0.1) is 0 Å². The molecule has 3 heteroatoms. The van der Waals surface area contributed by atoms with E-state index in [2.05, 4.69) is 0 Å². The molecule has 0 radical (unpaired) electrons. The summed E-state index contributed by atoms with van der Waals surface area (Å²) < 4.78 is 0. The number of hydrogen-bond acceptors (Lipinski definition) is 3. The fraction of sp³-hybridized carbons (Fsp3) is 0.333. The molecule has 0 aromatic heterocycles. The van der Waals surface area contributed by atoms with E-state index in [4.69, 9.17) is 10.8 Å². The molecule has 0 aliphatic rings. The van der Waals surface area contributed by atoms with E-state index < -0.39 is 12.1 Å². The fourth-order valence-electron chi connectivity index (χ4n) is 1.01. The molecule has 0 heterocycles. The van der Waals surface area contributed by atoms with Gasteiger partial charge in [-0.2, -0.15) is 0 Å². The zero-order chi connectivity index (χ0) is 8.97. The minimum Gasteiger partial charge on any atom is -0.394 e. The van der Waals surface area contributed by atoms with Gasteiger partial charge in [0.2, 0.25) is 0 Å². The first-order chi connectivity index (χ1) is 5.75. The van der Waals surface area contributed by atoms with Crippen molar-refractivity contribution in [2.45, 2.75) is 12.1 Å². The van der Waals surface area contributed by atoms with Crippen molar-refractivity contribution in [1.29, 1.82) is 0 Å². The smallest absolute Gasteiger partial charge is 0.0962 e. The summed E-state index contributed by atoms with van der Waals surface area (Å²) in [6.07, 6.45) is -0.882. The van der Waals surface area contributed by atoms with E-state index in [9.17, 15) is 5.11 Å². The van der Waals surface area contributed by atoms with E-state index in [0.29, 0.717) is 0 Å². The van der Waals surface area contributed by atoms with Crippen molar-refractivity contribution < 1.29 is 10.2 Å². The normalized spacial score (nSPS) is 15.6. The van der Waals surface area contributed by atoms with Gasteiger partial charge in [-0.3, -0.25) is 0 Å². The van der Waals surface area contributed by atoms with E-state index in [1.54, 1.807) is 0 Å². The molecule has 0 aliphatic heterocycles. The standard InChI is InChI=1S/C9H13NO2/c10-9(8(12)6-11)7-4-2-1-3-5-7/h1-5,8-9,11-12H,6,10H2/t8-,9?/m1/s1. The van der Waals surface area contributed by atoms with Crippen LogP contribution in [0.3, 0.4) is 0 Å². The van der Waals surface area contributed by atoms with Gasteiger partial charge in [-0.05, 0) is 5.56 Å². The Morgan fingerprint density at radius 2 is 1.83 bits per heavy atom. The third-order valence-corrected chi connectivity index (χ3v) is 1.79. The lowest BCUT2D eigenvalue weighted by Gasteiger charge is -2.16. The zero-order valence-electron chi connectivity index (χ0n) is 6.72. The molecule has 2 atom stereocenters. The second kappa shape index (κ2) is 4.21. The molecular formula is C9H13NO2. The Labute approximate surface area is 71.5 Å². The summed E-state index contributed by atoms with van der Waals surface area (Å²) in [5.74, 6) is 0. The van der Waals surface area contributed by atoms with E-state index in [-0.39, 0.29) is 6.61 Å². The van der Waals surface area contributed by atoms with Crippen LogP contribution in [0.25, 0.3) is 0 Å². The topological polar surface area (TPSA) is 66.5 Å². The van der Waals surface area contributed by atoms with Gasteiger partial charge in [0.1, 0.15) is 0 Å². The van der Waals surface area contributed by atoms with E-state index in [1.165, 1.54) is 0 Å². The molecule has 0 amide bonds. The number of aliphatic hydroxyl groups is 2. The maximum atomic E-state index is 9.20. The summed E-state index contributed by atoms with van der Waals surface area (Å²) in [6.45, 7) is -0.309. The third-order valence-electron chi connectivity index (χ3n) is 1.79. The van der Waals surface area contributed by atoms with Crippen molar-refractivity contribution >= 4 is 0 Å². The molecule has 3 nitrogen and oxygen atoms in total. The number of benzene rings is 1. The van der Waals surface area contributed by atoms with Crippen LogP contribution in [0.1, 0.15) is 11.6 Å². The predicted molar refractivity (Wildman–Crippen MR) is 46.5 cm³/mol. The molecule has 1 rings (SSSR count). The van der Waals surface area contributed by atoms with Gasteiger partial charge < -0.3 is 15.9 Å². The highest BCUT2D eigenvalue weighted by Crippen LogP contribution is 2.12. The molecule has 4 N–H and O–H groups in total. The summed E-state index contributed by atoms with van der Waals surface area (Å²) in [6, 6.07) is 8.71. The van der Waals surface area contributed by atoms with Crippen molar-refractivity contribution in [2.24, 2.45) is 5.73 Å². The van der Waals surface area contributed by atoms with Crippen molar-refractivity contribution in [1.82, 2.24) is 0 Å². The lowest BCUT2D eigenvalue weighted by Crippen LogP contribution is -2.28. The molecule has 12 heavy (non-hydrogen) atoms. The third kappa shape index (κ3) is 2.04. The molecule has 0 fully saturated rings. The molecule has 1 unspecified atom stereocenters. The largest absolute Gasteiger partial charge is 0.394 e. The first kappa shape index (κ1) is 9.19. The average molecular weight is 167 g/mol. The highest BCUT2D eigenvalue weighted by Gasteiger charge is 2.14. The van der Waals surface area contributed by atoms with Gasteiger partial charge >= 0.3 is 0 Å². The Balaban J connectivity index is 2.71. The summed E-state index contributed by atoms with van der Waals surface area (Å²) in [7, 11) is 0. The van der Waals surface area contributed by atoms with Crippen LogP contribution in [-0.2, 0) is 0 Å². The molecule has 1 aromatic rings. The maximum absolute atomic E-state index is 9.20. The minimum atomic E-state index is -0.882. The van der Waals surface area contributed by atoms with Gasteiger partial charge in [-0.1, -0.05) is 30.3 Å². The van der Waals surface area contributed by atoms with Crippen LogP contribution in [0, 0.1) is 0 Å². The van der Waals surface area contributed by atoms with E-state index in [1.807, 2.05) is 30.3 Å². The Morgan fingerprint density at radius 1 is 1.25 bits per heavy atom. The van der Waals surface area contributed by atoms with E-state index in [0.717, 1.165) is 5.56 Å². The first-order valence-corrected chi connectivity index (χ1v) is 3.85. The van der Waals surface area contributed by atoms with Crippen LogP contribution in [0.5, 0.6) is 0 Å². The minimum absolute atomic E-state index is 0.309. The highest BCUT2D eigenvalue weighted by atomic mass is 16.3. The SMILES string of the molecule is NC(c1ccccc1)[C@H](O)CO. The van der Waals surface area contributed by atoms with Gasteiger partial charge in [-0.25, -0.2) is 0 Å². The van der Waals surface area contributed by atoms with Crippen LogP contribution < -0.4 is 5.73 Å².